The molecule has 0 heterocycles. The molecule has 0 aliphatic carbocycles. The zero-order chi connectivity index (χ0) is 12.2. The van der Waals surface area contributed by atoms with Crippen LogP contribution in [0.2, 0.25) is 0 Å². The van der Waals surface area contributed by atoms with Gasteiger partial charge >= 0.3 is 0 Å². The molecule has 0 aliphatic heterocycles. The average molecular weight is 215 g/mol. The Kier molecular flexibility index (Phi) is 5.83. The molecule has 4 heteroatoms. The van der Waals surface area contributed by atoms with Gasteiger partial charge in [-0.05, 0) is 41.5 Å². The third kappa shape index (κ3) is 4.62. The maximum Gasteiger partial charge on any atom is 0.238 e. The van der Waals surface area contributed by atoms with Crippen LogP contribution in [0.15, 0.2) is 0 Å². The first-order valence-electron chi connectivity index (χ1n) is 5.60. The molecule has 0 saturated carbocycles. The molecular weight excluding hydrogens is 190 g/mol. The second kappa shape index (κ2) is 6.08. The molecule has 0 rings (SSSR count). The van der Waals surface area contributed by atoms with Crippen LogP contribution in [0.5, 0.6) is 0 Å². The number of hydrogen-bond donors (Lipinski definition) is 2. The van der Waals surface area contributed by atoms with E-state index in [9.17, 15) is 4.79 Å². The lowest BCUT2D eigenvalue weighted by Gasteiger charge is -2.35. The van der Waals surface area contributed by atoms with Gasteiger partial charge in [0.1, 0.15) is 0 Å². The van der Waals surface area contributed by atoms with Gasteiger partial charge in [-0.15, -0.1) is 0 Å². The number of nitrogens with one attached hydrogen (secondary N) is 1. The van der Waals surface area contributed by atoms with Gasteiger partial charge in [0.25, 0.3) is 0 Å². The van der Waals surface area contributed by atoms with Gasteiger partial charge in [0.05, 0.1) is 12.2 Å². The third-order valence-electron chi connectivity index (χ3n) is 2.39. The number of rotatable bonds is 5. The fourth-order valence-corrected chi connectivity index (χ4v) is 1.97. The third-order valence-corrected chi connectivity index (χ3v) is 2.39. The predicted molar refractivity (Wildman–Crippen MR) is 63.4 cm³/mol. The molecule has 0 aromatic heterocycles. The fraction of sp³-hybridized carbons (Fsp3) is 0.909. The Labute approximate surface area is 93.2 Å². The van der Waals surface area contributed by atoms with E-state index in [2.05, 4.69) is 37.9 Å². The van der Waals surface area contributed by atoms with Gasteiger partial charge in [0.15, 0.2) is 0 Å². The number of hydrogen-bond acceptors (Lipinski definition) is 3. The highest BCUT2D eigenvalue weighted by atomic mass is 16.2. The van der Waals surface area contributed by atoms with E-state index >= 15 is 0 Å². The summed E-state index contributed by atoms with van der Waals surface area (Å²) in [6, 6.07) is 0.550. The molecular formula is C11H25N3O. The normalized spacial score (nSPS) is 15.9. The highest BCUT2D eigenvalue weighted by molar-refractivity contribution is 5.81. The molecule has 15 heavy (non-hydrogen) atoms. The van der Waals surface area contributed by atoms with Crippen LogP contribution in [0.25, 0.3) is 0 Å². The molecule has 2 atom stereocenters. The van der Waals surface area contributed by atoms with Crippen molar-refractivity contribution in [2.24, 2.45) is 5.73 Å². The van der Waals surface area contributed by atoms with Crippen LogP contribution in [-0.4, -0.2) is 35.1 Å². The van der Waals surface area contributed by atoms with Crippen molar-refractivity contribution in [3.63, 3.8) is 0 Å². The van der Waals surface area contributed by atoms with E-state index in [4.69, 9.17) is 5.73 Å². The van der Waals surface area contributed by atoms with Crippen LogP contribution in [0.4, 0.5) is 0 Å². The summed E-state index contributed by atoms with van der Waals surface area (Å²) in [5.74, 6) is -0.00704. The van der Waals surface area contributed by atoms with E-state index in [0.29, 0.717) is 12.1 Å². The molecule has 4 nitrogen and oxygen atoms in total. The molecule has 1 amide bonds. The molecule has 1 unspecified atom stereocenters. The van der Waals surface area contributed by atoms with Gasteiger partial charge in [-0.25, -0.2) is 0 Å². The van der Waals surface area contributed by atoms with Crippen molar-refractivity contribution in [2.45, 2.75) is 65.8 Å². The SMILES string of the molecule is CC(N)NC(=O)[C@H](C)N(C(C)C)C(C)C. The number of carbonyl (C=O) groups excluding carboxylic acids is 1. The van der Waals surface area contributed by atoms with Crippen molar-refractivity contribution in [1.82, 2.24) is 10.2 Å². The number of nitrogens with two attached hydrogens (primary N) is 1. The number of amides is 1. The highest BCUT2D eigenvalue weighted by Gasteiger charge is 2.25. The fourth-order valence-electron chi connectivity index (χ4n) is 1.97. The van der Waals surface area contributed by atoms with Crippen LogP contribution < -0.4 is 11.1 Å². The van der Waals surface area contributed by atoms with Crippen molar-refractivity contribution in [2.75, 3.05) is 0 Å². The summed E-state index contributed by atoms with van der Waals surface area (Å²) in [5, 5.41) is 2.73. The minimum atomic E-state index is -0.291. The van der Waals surface area contributed by atoms with Crippen LogP contribution in [-0.2, 0) is 4.79 Å². The van der Waals surface area contributed by atoms with Gasteiger partial charge in [-0.2, -0.15) is 0 Å². The van der Waals surface area contributed by atoms with Gasteiger partial charge in [0, 0.05) is 12.1 Å². The van der Waals surface area contributed by atoms with Crippen LogP contribution in [0, 0.1) is 0 Å². The number of nitrogens with zero attached hydrogens (tertiary/aromatic N) is 1. The van der Waals surface area contributed by atoms with E-state index < -0.39 is 0 Å². The number of carbonyl (C=O) groups is 1. The van der Waals surface area contributed by atoms with E-state index in [1.807, 2.05) is 6.92 Å². The maximum atomic E-state index is 11.8. The van der Waals surface area contributed by atoms with Crippen molar-refractivity contribution >= 4 is 5.91 Å². The van der Waals surface area contributed by atoms with Crippen LogP contribution >= 0.6 is 0 Å². The Morgan fingerprint density at radius 1 is 1.07 bits per heavy atom. The van der Waals surface area contributed by atoms with Crippen molar-refractivity contribution < 1.29 is 4.79 Å². The summed E-state index contributed by atoms with van der Waals surface area (Å²) in [4.78, 5) is 13.9. The minimum Gasteiger partial charge on any atom is -0.340 e. The maximum absolute atomic E-state index is 11.8. The van der Waals surface area contributed by atoms with E-state index in [-0.39, 0.29) is 18.1 Å². The summed E-state index contributed by atoms with van der Waals surface area (Å²) in [6.45, 7) is 12.0. The first-order chi connectivity index (χ1) is 6.77. The standard InChI is InChI=1S/C11H25N3O/c1-7(2)14(8(3)4)9(5)11(15)13-10(6)12/h7-10H,12H2,1-6H3,(H,13,15)/t9-,10?/m0/s1. The van der Waals surface area contributed by atoms with E-state index in [1.54, 1.807) is 6.92 Å². The first-order valence-corrected chi connectivity index (χ1v) is 5.60. The molecule has 0 saturated heterocycles. The molecule has 0 aromatic rings. The van der Waals surface area contributed by atoms with Gasteiger partial charge in [0.2, 0.25) is 5.91 Å². The minimum absolute atomic E-state index is 0.00704. The molecule has 0 radical (unpaired) electrons. The lowest BCUT2D eigenvalue weighted by atomic mass is 10.1. The Hall–Kier alpha value is -0.610. The lowest BCUT2D eigenvalue weighted by molar-refractivity contribution is -0.128. The zero-order valence-corrected chi connectivity index (χ0v) is 10.7. The quantitative estimate of drug-likeness (QED) is 0.670. The van der Waals surface area contributed by atoms with Crippen molar-refractivity contribution in [3.05, 3.63) is 0 Å². The van der Waals surface area contributed by atoms with E-state index in [0.717, 1.165) is 0 Å². The molecule has 3 N–H and O–H groups in total. The van der Waals surface area contributed by atoms with Gasteiger partial charge in [-0.3, -0.25) is 9.69 Å². The Bertz CT molecular complexity index is 194. The largest absolute Gasteiger partial charge is 0.340 e. The predicted octanol–water partition coefficient (Wildman–Crippen LogP) is 0.915. The molecule has 0 spiro atoms. The second-order valence-corrected chi connectivity index (χ2v) is 4.61. The monoisotopic (exact) mass is 215 g/mol. The Morgan fingerprint density at radius 3 is 1.73 bits per heavy atom. The van der Waals surface area contributed by atoms with Crippen molar-refractivity contribution in [1.29, 1.82) is 0 Å². The summed E-state index contributed by atoms with van der Waals surface area (Å²) in [7, 11) is 0. The highest BCUT2D eigenvalue weighted by Crippen LogP contribution is 2.10. The van der Waals surface area contributed by atoms with Gasteiger partial charge < -0.3 is 11.1 Å². The topological polar surface area (TPSA) is 58.4 Å². The molecule has 90 valence electrons. The van der Waals surface area contributed by atoms with E-state index in [1.165, 1.54) is 0 Å². The lowest BCUT2D eigenvalue weighted by Crippen LogP contribution is -2.53. The second-order valence-electron chi connectivity index (χ2n) is 4.61. The Morgan fingerprint density at radius 2 is 1.47 bits per heavy atom. The van der Waals surface area contributed by atoms with Crippen molar-refractivity contribution in [3.8, 4) is 0 Å². The summed E-state index contributed by atoms with van der Waals surface area (Å²) in [6.07, 6.45) is -0.291. The smallest absolute Gasteiger partial charge is 0.238 e. The molecule has 0 bridgehead atoms. The summed E-state index contributed by atoms with van der Waals surface area (Å²) < 4.78 is 0. The van der Waals surface area contributed by atoms with Crippen LogP contribution in [0.3, 0.4) is 0 Å². The molecule has 0 aromatic carbocycles. The zero-order valence-electron chi connectivity index (χ0n) is 10.7. The average Bonchev–Trinajstić information content (AvgIpc) is 2.00. The molecule has 0 aliphatic rings. The van der Waals surface area contributed by atoms with Crippen LogP contribution in [0.1, 0.15) is 41.5 Å². The van der Waals surface area contributed by atoms with Gasteiger partial charge in [-0.1, -0.05) is 0 Å². The molecule has 0 fully saturated rings. The Balaban J connectivity index is 4.49. The summed E-state index contributed by atoms with van der Waals surface area (Å²) in [5.41, 5.74) is 5.53. The first kappa shape index (κ1) is 14.4. The summed E-state index contributed by atoms with van der Waals surface area (Å²) >= 11 is 0.